The second-order valence-electron chi connectivity index (χ2n) is 5.11. The van der Waals surface area contributed by atoms with Crippen LogP contribution in [0.5, 0.6) is 0 Å². The van der Waals surface area contributed by atoms with Crippen LogP contribution in [-0.4, -0.2) is 30.3 Å². The first kappa shape index (κ1) is 15.7. The molecule has 21 heavy (non-hydrogen) atoms. The number of thiocarbonyl (C=S) groups is 1. The van der Waals surface area contributed by atoms with Crippen LogP contribution in [0, 0.1) is 0 Å². The molecule has 0 aliphatic rings. The molecule has 0 spiro atoms. The highest BCUT2D eigenvalue weighted by Crippen LogP contribution is 2.25. The maximum atomic E-state index is 5.91. The maximum Gasteiger partial charge on any atom is 0.166 e. The van der Waals surface area contributed by atoms with E-state index in [2.05, 4.69) is 43.3 Å². The van der Waals surface area contributed by atoms with Gasteiger partial charge in [0.2, 0.25) is 0 Å². The molecular weight excluding hydrogens is 280 g/mol. The molecule has 0 saturated carbocycles. The van der Waals surface area contributed by atoms with E-state index >= 15 is 0 Å². The third kappa shape index (κ3) is 3.71. The van der Waals surface area contributed by atoms with Gasteiger partial charge in [-0.3, -0.25) is 0 Å². The van der Waals surface area contributed by atoms with E-state index < -0.39 is 0 Å². The fourth-order valence-corrected chi connectivity index (χ4v) is 2.82. The summed E-state index contributed by atoms with van der Waals surface area (Å²) in [4.78, 5) is 2.04. The minimum absolute atomic E-state index is 0.0528. The molecule has 0 amide bonds. The van der Waals surface area contributed by atoms with Crippen molar-refractivity contribution >= 4 is 28.1 Å². The lowest BCUT2D eigenvalue weighted by atomic mass is 10.0. The average molecular weight is 302 g/mol. The van der Waals surface area contributed by atoms with Crippen molar-refractivity contribution in [2.75, 3.05) is 20.3 Å². The lowest BCUT2D eigenvalue weighted by molar-refractivity contribution is 0.128. The monoisotopic (exact) mass is 302 g/mol. The Morgan fingerprint density at radius 2 is 1.95 bits per heavy atom. The van der Waals surface area contributed by atoms with Gasteiger partial charge in [-0.25, -0.2) is 0 Å². The van der Waals surface area contributed by atoms with Crippen molar-refractivity contribution in [3.63, 3.8) is 0 Å². The minimum Gasteiger partial charge on any atom is -0.382 e. The average Bonchev–Trinajstić information content (AvgIpc) is 2.50. The van der Waals surface area contributed by atoms with Gasteiger partial charge in [0.1, 0.15) is 0 Å². The number of ether oxygens (including phenoxy) is 1. The molecular formula is C17H22N2OS. The standard InChI is InChI=1S/C17H22N2OS/c1-3-10-19(17(18)21)16(12-20-2)15-9-8-13-6-4-5-7-14(13)11-15/h4-9,11,16H,3,10,12H2,1-2H3,(H2,18,21). The second-order valence-corrected chi connectivity index (χ2v) is 5.53. The molecule has 0 aliphatic carbocycles. The molecule has 0 aromatic heterocycles. The van der Waals surface area contributed by atoms with Gasteiger partial charge in [0, 0.05) is 13.7 Å². The SMILES string of the molecule is CCCN(C(N)=S)C(COC)c1ccc2ccccc2c1. The van der Waals surface area contributed by atoms with Crippen LogP contribution in [-0.2, 0) is 4.74 Å². The summed E-state index contributed by atoms with van der Waals surface area (Å²) in [6.45, 7) is 3.52. The molecule has 0 aliphatic heterocycles. The van der Waals surface area contributed by atoms with Crippen molar-refractivity contribution in [3.05, 3.63) is 48.0 Å². The van der Waals surface area contributed by atoms with E-state index in [0.717, 1.165) is 13.0 Å². The lowest BCUT2D eigenvalue weighted by Crippen LogP contribution is -2.40. The summed E-state index contributed by atoms with van der Waals surface area (Å²) in [6.07, 6.45) is 0.991. The molecule has 0 heterocycles. The van der Waals surface area contributed by atoms with E-state index in [0.29, 0.717) is 11.7 Å². The Morgan fingerprint density at radius 3 is 2.57 bits per heavy atom. The van der Waals surface area contributed by atoms with Gasteiger partial charge in [-0.15, -0.1) is 0 Å². The molecule has 0 radical (unpaired) electrons. The molecule has 3 nitrogen and oxygen atoms in total. The number of benzene rings is 2. The van der Waals surface area contributed by atoms with E-state index in [-0.39, 0.29) is 6.04 Å². The quantitative estimate of drug-likeness (QED) is 0.829. The summed E-state index contributed by atoms with van der Waals surface area (Å²) < 4.78 is 5.39. The summed E-state index contributed by atoms with van der Waals surface area (Å²) in [5, 5.41) is 2.87. The predicted octanol–water partition coefficient (Wildman–Crippen LogP) is 3.48. The molecule has 1 atom stereocenters. The van der Waals surface area contributed by atoms with Gasteiger partial charge in [0.15, 0.2) is 5.11 Å². The molecule has 0 bridgehead atoms. The molecule has 2 rings (SSSR count). The number of methoxy groups -OCH3 is 1. The van der Waals surface area contributed by atoms with Gasteiger partial charge in [-0.05, 0) is 41.0 Å². The Balaban J connectivity index is 2.40. The van der Waals surface area contributed by atoms with E-state index in [9.17, 15) is 0 Å². The molecule has 2 aromatic rings. The fraction of sp³-hybridized carbons (Fsp3) is 0.353. The van der Waals surface area contributed by atoms with Crippen molar-refractivity contribution < 1.29 is 4.74 Å². The van der Waals surface area contributed by atoms with Crippen LogP contribution in [0.4, 0.5) is 0 Å². The summed E-state index contributed by atoms with van der Waals surface area (Å²) in [5.41, 5.74) is 7.08. The van der Waals surface area contributed by atoms with Crippen molar-refractivity contribution in [2.24, 2.45) is 5.73 Å². The van der Waals surface area contributed by atoms with Crippen LogP contribution in [0.3, 0.4) is 0 Å². The van der Waals surface area contributed by atoms with Gasteiger partial charge in [-0.2, -0.15) is 0 Å². The first-order valence-electron chi connectivity index (χ1n) is 7.21. The van der Waals surface area contributed by atoms with E-state index in [1.54, 1.807) is 7.11 Å². The van der Waals surface area contributed by atoms with Gasteiger partial charge < -0.3 is 15.4 Å². The number of hydrogen-bond donors (Lipinski definition) is 1. The molecule has 112 valence electrons. The fourth-order valence-electron chi connectivity index (χ4n) is 2.60. The van der Waals surface area contributed by atoms with Crippen molar-refractivity contribution in [2.45, 2.75) is 19.4 Å². The van der Waals surface area contributed by atoms with Crippen LogP contribution in [0.15, 0.2) is 42.5 Å². The van der Waals surface area contributed by atoms with E-state index in [1.807, 2.05) is 11.0 Å². The van der Waals surface area contributed by atoms with Crippen LogP contribution < -0.4 is 5.73 Å². The number of fused-ring (bicyclic) bond motifs is 1. The molecule has 1 unspecified atom stereocenters. The Bertz CT molecular complexity index is 615. The highest BCUT2D eigenvalue weighted by molar-refractivity contribution is 7.80. The Labute approximate surface area is 131 Å². The smallest absolute Gasteiger partial charge is 0.166 e. The predicted molar refractivity (Wildman–Crippen MR) is 92.3 cm³/mol. The Hall–Kier alpha value is -1.65. The summed E-state index contributed by atoms with van der Waals surface area (Å²) in [5.74, 6) is 0. The topological polar surface area (TPSA) is 38.5 Å². The van der Waals surface area contributed by atoms with Gasteiger partial charge in [-0.1, -0.05) is 43.3 Å². The van der Waals surface area contributed by atoms with Crippen LogP contribution in [0.2, 0.25) is 0 Å². The van der Waals surface area contributed by atoms with Crippen molar-refractivity contribution in [1.82, 2.24) is 4.90 Å². The number of rotatable bonds is 6. The van der Waals surface area contributed by atoms with Crippen LogP contribution in [0.25, 0.3) is 10.8 Å². The summed E-state index contributed by atoms with van der Waals surface area (Å²) >= 11 is 5.22. The zero-order valence-electron chi connectivity index (χ0n) is 12.6. The Kier molecular flexibility index (Phi) is 5.53. The zero-order chi connectivity index (χ0) is 15.2. The van der Waals surface area contributed by atoms with Crippen molar-refractivity contribution in [1.29, 1.82) is 0 Å². The van der Waals surface area contributed by atoms with E-state index in [4.69, 9.17) is 22.7 Å². The third-order valence-electron chi connectivity index (χ3n) is 3.61. The summed E-state index contributed by atoms with van der Waals surface area (Å²) in [7, 11) is 1.71. The highest BCUT2D eigenvalue weighted by Gasteiger charge is 2.21. The summed E-state index contributed by atoms with van der Waals surface area (Å²) in [6, 6.07) is 14.8. The number of hydrogen-bond acceptors (Lipinski definition) is 2. The third-order valence-corrected chi connectivity index (χ3v) is 3.84. The molecule has 2 N–H and O–H groups in total. The van der Waals surface area contributed by atoms with Gasteiger partial charge >= 0.3 is 0 Å². The normalized spacial score (nSPS) is 12.3. The molecule has 0 fully saturated rings. The number of nitrogens with zero attached hydrogens (tertiary/aromatic N) is 1. The molecule has 0 saturated heterocycles. The first-order chi connectivity index (χ1) is 10.2. The van der Waals surface area contributed by atoms with Crippen LogP contribution >= 0.6 is 12.2 Å². The first-order valence-corrected chi connectivity index (χ1v) is 7.62. The maximum absolute atomic E-state index is 5.91. The Morgan fingerprint density at radius 1 is 1.24 bits per heavy atom. The number of nitrogens with two attached hydrogens (primary N) is 1. The van der Waals surface area contributed by atoms with Gasteiger partial charge in [0.25, 0.3) is 0 Å². The van der Waals surface area contributed by atoms with Crippen LogP contribution in [0.1, 0.15) is 24.9 Å². The molecule has 4 heteroatoms. The van der Waals surface area contributed by atoms with Gasteiger partial charge in [0.05, 0.1) is 12.6 Å². The minimum atomic E-state index is 0.0528. The largest absolute Gasteiger partial charge is 0.382 e. The molecule has 2 aromatic carbocycles. The zero-order valence-corrected chi connectivity index (χ0v) is 13.4. The van der Waals surface area contributed by atoms with E-state index in [1.165, 1.54) is 16.3 Å². The lowest BCUT2D eigenvalue weighted by Gasteiger charge is -2.32. The highest BCUT2D eigenvalue weighted by atomic mass is 32.1. The van der Waals surface area contributed by atoms with Crippen molar-refractivity contribution in [3.8, 4) is 0 Å². The second kappa shape index (κ2) is 7.38.